The molecule has 5 heteroatoms. The van der Waals surface area contributed by atoms with Gasteiger partial charge in [-0.1, -0.05) is 0 Å². The molecule has 1 aromatic rings. The van der Waals surface area contributed by atoms with Crippen LogP contribution in [0.4, 0.5) is 4.39 Å². The van der Waals surface area contributed by atoms with Crippen molar-refractivity contribution in [1.82, 2.24) is 4.98 Å². The predicted octanol–water partition coefficient (Wildman–Crippen LogP) is 1.68. The summed E-state index contributed by atoms with van der Waals surface area (Å²) in [6.45, 7) is 4.87. The third-order valence-electron chi connectivity index (χ3n) is 1.66. The Bertz CT molecular complexity index is 370. The molecule has 1 rings (SSSR count). The van der Waals surface area contributed by atoms with Crippen LogP contribution in [0.5, 0.6) is 0 Å². The summed E-state index contributed by atoms with van der Waals surface area (Å²) in [4.78, 5) is 14.9. The van der Waals surface area contributed by atoms with Crippen molar-refractivity contribution in [3.63, 3.8) is 0 Å². The van der Waals surface area contributed by atoms with Gasteiger partial charge in [0.25, 0.3) is 0 Å². The first-order chi connectivity index (χ1) is 6.69. The Morgan fingerprint density at radius 2 is 2.43 bits per heavy atom. The molecule has 1 aromatic heterocycles. The maximum atomic E-state index is 13.2. The SMILES string of the molecule is C=BCC(=O)c1ccc(SC)nc1F. The second-order valence-electron chi connectivity index (χ2n) is 2.61. The van der Waals surface area contributed by atoms with Gasteiger partial charge in [0.2, 0.25) is 0 Å². The van der Waals surface area contributed by atoms with E-state index in [1.807, 2.05) is 0 Å². The molecular weight excluding hydrogens is 200 g/mol. The zero-order valence-corrected chi connectivity index (χ0v) is 8.60. The van der Waals surface area contributed by atoms with E-state index >= 15 is 0 Å². The number of pyridine rings is 1. The predicted molar refractivity (Wildman–Crippen MR) is 58.0 cm³/mol. The fourth-order valence-electron chi connectivity index (χ4n) is 0.980. The molecule has 0 saturated heterocycles. The summed E-state index contributed by atoms with van der Waals surface area (Å²) in [6, 6.07) is 3.09. The molecule has 0 aliphatic carbocycles. The normalized spacial score (nSPS) is 9.57. The molecule has 0 aromatic carbocycles. The number of hydrogen-bond acceptors (Lipinski definition) is 3. The number of ketones is 1. The molecule has 0 aliphatic rings. The second-order valence-corrected chi connectivity index (χ2v) is 3.43. The van der Waals surface area contributed by atoms with E-state index in [1.165, 1.54) is 24.7 Å². The monoisotopic (exact) mass is 209 g/mol. The van der Waals surface area contributed by atoms with Crippen molar-refractivity contribution in [2.45, 2.75) is 11.3 Å². The number of carbonyl (C=O) groups excluding carboxylic acids is 1. The average Bonchev–Trinajstić information content (AvgIpc) is 2.17. The first kappa shape index (κ1) is 11.1. The molecule has 0 N–H and O–H groups in total. The number of nitrogens with zero attached hydrogens (tertiary/aromatic N) is 1. The van der Waals surface area contributed by atoms with E-state index in [0.29, 0.717) is 5.03 Å². The van der Waals surface area contributed by atoms with Gasteiger partial charge in [-0.2, -0.15) is 0 Å². The minimum atomic E-state index is -0.705. The van der Waals surface area contributed by atoms with Crippen molar-refractivity contribution < 1.29 is 9.18 Å². The Labute approximate surface area is 86.8 Å². The van der Waals surface area contributed by atoms with Gasteiger partial charge >= 0.3 is 86.3 Å². The molecule has 0 atom stereocenters. The van der Waals surface area contributed by atoms with E-state index in [2.05, 4.69) is 11.5 Å². The Hall–Kier alpha value is -0.965. The Morgan fingerprint density at radius 3 is 2.93 bits per heavy atom. The molecule has 0 unspecified atom stereocenters. The molecule has 0 fully saturated rings. The van der Waals surface area contributed by atoms with Crippen molar-refractivity contribution in [2.75, 3.05) is 6.26 Å². The molecule has 14 heavy (non-hydrogen) atoms. The summed E-state index contributed by atoms with van der Waals surface area (Å²) >= 11 is 1.33. The van der Waals surface area contributed by atoms with Gasteiger partial charge < -0.3 is 0 Å². The van der Waals surface area contributed by atoms with Crippen LogP contribution in [-0.2, 0) is 0 Å². The van der Waals surface area contributed by atoms with E-state index in [9.17, 15) is 9.18 Å². The third kappa shape index (κ3) is 2.51. The van der Waals surface area contributed by atoms with Crippen LogP contribution in [0.15, 0.2) is 17.2 Å². The Morgan fingerprint density at radius 1 is 1.71 bits per heavy atom. The van der Waals surface area contributed by atoms with Gasteiger partial charge in [0.1, 0.15) is 0 Å². The van der Waals surface area contributed by atoms with Crippen molar-refractivity contribution in [3.05, 3.63) is 23.6 Å². The van der Waals surface area contributed by atoms with Crippen LogP contribution < -0.4 is 0 Å². The molecule has 0 saturated carbocycles. The number of hydrogen-bond donors (Lipinski definition) is 0. The number of thioether (sulfide) groups is 1. The summed E-state index contributed by atoms with van der Waals surface area (Å²) in [6.07, 6.45) is 1.93. The fraction of sp³-hybridized carbons (Fsp3) is 0.222. The quantitative estimate of drug-likeness (QED) is 0.327. The van der Waals surface area contributed by atoms with Gasteiger partial charge in [-0.3, -0.25) is 0 Å². The molecular formula is C9H9BFNOS. The standard InChI is InChI=1S/C9H9BFNOS/c1-10-5-7(13)6-3-4-8(14-2)12-9(6)11/h3-4H,1,5H2,2H3. The minimum absolute atomic E-state index is 0.0303. The van der Waals surface area contributed by atoms with Crippen LogP contribution >= 0.6 is 11.8 Å². The van der Waals surface area contributed by atoms with Gasteiger partial charge in [0.05, 0.1) is 0 Å². The van der Waals surface area contributed by atoms with Crippen LogP contribution in [0.1, 0.15) is 10.4 Å². The Balaban J connectivity index is 2.99. The van der Waals surface area contributed by atoms with Crippen LogP contribution in [0.2, 0.25) is 6.32 Å². The maximum absolute atomic E-state index is 13.2. The van der Waals surface area contributed by atoms with Crippen LogP contribution in [0, 0.1) is 5.95 Å². The van der Waals surface area contributed by atoms with Crippen LogP contribution in [0.3, 0.4) is 0 Å². The van der Waals surface area contributed by atoms with Gasteiger partial charge in [0.15, 0.2) is 0 Å². The van der Waals surface area contributed by atoms with Gasteiger partial charge in [-0.05, 0) is 0 Å². The molecule has 0 bridgehead atoms. The Kier molecular flexibility index (Phi) is 4.01. The van der Waals surface area contributed by atoms with Crippen molar-refractivity contribution >= 4 is 30.9 Å². The molecule has 2 nitrogen and oxygen atoms in total. The molecule has 0 aliphatic heterocycles. The number of carbonyl (C=O) groups is 1. The van der Waals surface area contributed by atoms with Crippen molar-refractivity contribution in [1.29, 1.82) is 0 Å². The first-order valence-electron chi connectivity index (χ1n) is 4.03. The van der Waals surface area contributed by atoms with Crippen molar-refractivity contribution in [2.24, 2.45) is 0 Å². The van der Waals surface area contributed by atoms with E-state index in [1.54, 1.807) is 12.3 Å². The molecule has 0 amide bonds. The van der Waals surface area contributed by atoms with Gasteiger partial charge in [0, 0.05) is 0 Å². The van der Waals surface area contributed by atoms with E-state index in [4.69, 9.17) is 0 Å². The number of Topliss-reactive ketones (excluding diaryl/α,β-unsaturated/α-hetero) is 1. The number of halogens is 1. The average molecular weight is 209 g/mol. The topological polar surface area (TPSA) is 30.0 Å². The van der Waals surface area contributed by atoms with Gasteiger partial charge in [-0.25, -0.2) is 0 Å². The molecule has 0 spiro atoms. The zero-order chi connectivity index (χ0) is 10.6. The number of aromatic nitrogens is 1. The van der Waals surface area contributed by atoms with Crippen molar-refractivity contribution in [3.8, 4) is 0 Å². The molecule has 0 radical (unpaired) electrons. The summed E-state index contributed by atoms with van der Waals surface area (Å²) in [5.74, 6) is -0.999. The van der Waals surface area contributed by atoms with Gasteiger partial charge in [-0.15, -0.1) is 0 Å². The molecule has 1 heterocycles. The van der Waals surface area contributed by atoms with Crippen LogP contribution in [-0.4, -0.2) is 30.4 Å². The second kappa shape index (κ2) is 5.05. The third-order valence-corrected chi connectivity index (χ3v) is 2.31. The van der Waals surface area contributed by atoms with E-state index < -0.39 is 5.95 Å². The first-order valence-corrected chi connectivity index (χ1v) is 5.26. The summed E-state index contributed by atoms with van der Waals surface area (Å²) in [5.41, 5.74) is 0.0303. The summed E-state index contributed by atoms with van der Waals surface area (Å²) in [7, 11) is 0. The fourth-order valence-corrected chi connectivity index (χ4v) is 1.36. The van der Waals surface area contributed by atoms with E-state index in [-0.39, 0.29) is 17.7 Å². The summed E-state index contributed by atoms with van der Waals surface area (Å²) in [5, 5.41) is 0.567. The zero-order valence-electron chi connectivity index (χ0n) is 7.79. The van der Waals surface area contributed by atoms with Crippen LogP contribution in [0.25, 0.3) is 0 Å². The van der Waals surface area contributed by atoms with E-state index in [0.717, 1.165) is 0 Å². The summed E-state index contributed by atoms with van der Waals surface area (Å²) < 4.78 is 13.2. The molecule has 72 valence electrons. The number of rotatable bonds is 4.